The first kappa shape index (κ1) is 21.0. The van der Waals surface area contributed by atoms with Crippen LogP contribution >= 0.6 is 22.7 Å². The molecule has 0 aliphatic carbocycles. The second-order valence-corrected chi connectivity index (χ2v) is 10.5. The Bertz CT molecular complexity index is 1600. The highest BCUT2D eigenvalue weighted by molar-refractivity contribution is 7.15. The summed E-state index contributed by atoms with van der Waals surface area (Å²) in [7, 11) is 0. The second-order valence-electron chi connectivity index (χ2n) is 8.34. The Labute approximate surface area is 207 Å². The van der Waals surface area contributed by atoms with Gasteiger partial charge in [-0.05, 0) is 41.0 Å². The molecule has 4 aromatic carbocycles. The van der Waals surface area contributed by atoms with Gasteiger partial charge < -0.3 is 0 Å². The molecular weight excluding hydrogens is 452 g/mol. The normalized spacial score (nSPS) is 11.2. The zero-order valence-electron chi connectivity index (χ0n) is 18.7. The van der Waals surface area contributed by atoms with E-state index >= 15 is 0 Å². The van der Waals surface area contributed by atoms with Gasteiger partial charge in [-0.25, -0.2) is 9.97 Å². The molecule has 6 aromatic rings. The Balaban J connectivity index is 1.28. The van der Waals surface area contributed by atoms with Gasteiger partial charge in [-0.1, -0.05) is 84.9 Å². The lowest BCUT2D eigenvalue weighted by atomic mass is 10.0. The molecule has 0 atom stereocenters. The number of aryl methyl sites for hydroxylation is 1. The number of hydrogen-bond acceptors (Lipinski definition) is 4. The van der Waals surface area contributed by atoms with Gasteiger partial charge in [0.25, 0.3) is 0 Å². The van der Waals surface area contributed by atoms with Gasteiger partial charge in [0.1, 0.15) is 0 Å². The molecule has 0 N–H and O–H groups in total. The van der Waals surface area contributed by atoms with Gasteiger partial charge in [-0.15, -0.1) is 22.7 Å². The average molecular weight is 475 g/mol. The number of nitrogens with zero attached hydrogens (tertiary/aromatic N) is 2. The van der Waals surface area contributed by atoms with Crippen LogP contribution in [0.2, 0.25) is 0 Å². The Hall–Kier alpha value is -3.60. The lowest BCUT2D eigenvalue weighted by molar-refractivity contribution is 1.14. The van der Waals surface area contributed by atoms with Gasteiger partial charge >= 0.3 is 0 Å². The monoisotopic (exact) mass is 474 g/mol. The van der Waals surface area contributed by atoms with Crippen molar-refractivity contribution in [2.24, 2.45) is 0 Å². The van der Waals surface area contributed by atoms with Gasteiger partial charge in [-0.3, -0.25) is 0 Å². The topological polar surface area (TPSA) is 25.8 Å². The van der Waals surface area contributed by atoms with Crippen LogP contribution in [0.3, 0.4) is 0 Å². The number of aromatic nitrogens is 2. The fourth-order valence-corrected chi connectivity index (χ4v) is 6.06. The maximum Gasteiger partial charge on any atom is 0.0976 e. The molecule has 0 unspecified atom stereocenters. The minimum absolute atomic E-state index is 0.824. The van der Waals surface area contributed by atoms with E-state index in [0.717, 1.165) is 33.4 Å². The molecule has 0 saturated heterocycles. The highest BCUT2D eigenvalue weighted by Crippen LogP contribution is 2.37. The molecule has 164 valence electrons. The van der Waals surface area contributed by atoms with E-state index in [1.165, 1.54) is 32.3 Å². The quantitative estimate of drug-likeness (QED) is 0.250. The third kappa shape index (κ3) is 4.18. The van der Waals surface area contributed by atoms with Gasteiger partial charge in [0.05, 0.1) is 26.3 Å². The molecule has 2 nitrogen and oxygen atoms in total. The highest BCUT2D eigenvalue weighted by Gasteiger charge is 2.14. The molecule has 2 heterocycles. The molecule has 0 amide bonds. The summed E-state index contributed by atoms with van der Waals surface area (Å²) in [5.74, 6) is 0. The van der Waals surface area contributed by atoms with Crippen LogP contribution < -0.4 is 0 Å². The number of rotatable bonds is 5. The fraction of sp³-hybridized carbons (Fsp3) is 0.0667. The van der Waals surface area contributed by atoms with E-state index in [4.69, 9.17) is 9.97 Å². The Morgan fingerprint density at radius 1 is 0.676 bits per heavy atom. The van der Waals surface area contributed by atoms with Gasteiger partial charge in [-0.2, -0.15) is 0 Å². The van der Waals surface area contributed by atoms with Crippen LogP contribution in [-0.4, -0.2) is 9.97 Å². The van der Waals surface area contributed by atoms with Crippen LogP contribution in [-0.2, 0) is 6.42 Å². The lowest BCUT2D eigenvalue weighted by Crippen LogP contribution is -1.89. The first-order valence-corrected chi connectivity index (χ1v) is 13.0. The maximum absolute atomic E-state index is 4.96. The van der Waals surface area contributed by atoms with E-state index in [2.05, 4.69) is 103 Å². The molecule has 0 spiro atoms. The van der Waals surface area contributed by atoms with E-state index < -0.39 is 0 Å². The van der Waals surface area contributed by atoms with Gasteiger partial charge in [0, 0.05) is 22.9 Å². The Kier molecular flexibility index (Phi) is 5.54. The average Bonchev–Trinajstić information content (AvgIpc) is 3.51. The molecule has 0 fully saturated rings. The molecule has 4 heteroatoms. The molecule has 0 saturated carbocycles. The Morgan fingerprint density at radius 2 is 1.47 bits per heavy atom. The van der Waals surface area contributed by atoms with Crippen LogP contribution in [0.4, 0.5) is 0 Å². The molecule has 6 rings (SSSR count). The molecule has 0 radical (unpaired) electrons. The zero-order valence-corrected chi connectivity index (χ0v) is 20.4. The van der Waals surface area contributed by atoms with Crippen LogP contribution in [0.15, 0.2) is 102 Å². The summed E-state index contributed by atoms with van der Waals surface area (Å²) in [5, 5.41) is 6.88. The lowest BCUT2D eigenvalue weighted by Gasteiger charge is -2.05. The minimum atomic E-state index is 0.824. The summed E-state index contributed by atoms with van der Waals surface area (Å²) in [4.78, 5) is 11.0. The summed E-state index contributed by atoms with van der Waals surface area (Å²) in [6.07, 6.45) is 0.824. The first-order chi connectivity index (χ1) is 16.7. The maximum atomic E-state index is 4.96. The van der Waals surface area contributed by atoms with Crippen LogP contribution in [0.5, 0.6) is 0 Å². The van der Waals surface area contributed by atoms with E-state index in [1.54, 1.807) is 22.7 Å². The zero-order chi connectivity index (χ0) is 22.9. The number of thiazole rings is 2. The SMILES string of the molecule is Cc1nc(-c2ccccc2)c(-c2cccc(Cc3nc(-c4ccc5ccccc5c4)cs3)c2)s1. The molecule has 2 aromatic heterocycles. The molecular formula is C30H22N2S2. The van der Waals surface area contributed by atoms with Crippen LogP contribution in [0, 0.1) is 6.92 Å². The molecule has 34 heavy (non-hydrogen) atoms. The highest BCUT2D eigenvalue weighted by atomic mass is 32.1. The van der Waals surface area contributed by atoms with Gasteiger partial charge in [0.2, 0.25) is 0 Å². The molecule has 0 bridgehead atoms. The summed E-state index contributed by atoms with van der Waals surface area (Å²) in [6, 6.07) is 34.3. The van der Waals surface area contributed by atoms with Crippen molar-refractivity contribution in [2.45, 2.75) is 13.3 Å². The number of fused-ring (bicyclic) bond motifs is 1. The third-order valence-electron chi connectivity index (χ3n) is 5.92. The van der Waals surface area contributed by atoms with E-state index in [1.807, 2.05) is 6.07 Å². The predicted octanol–water partition coefficient (Wildman–Crippen LogP) is 8.65. The Morgan fingerprint density at radius 3 is 2.35 bits per heavy atom. The smallest absolute Gasteiger partial charge is 0.0976 e. The fourth-order valence-electron chi connectivity index (χ4n) is 4.28. The number of hydrogen-bond donors (Lipinski definition) is 0. The number of benzene rings is 4. The summed E-state index contributed by atoms with van der Waals surface area (Å²) in [6.45, 7) is 2.08. The first-order valence-electron chi connectivity index (χ1n) is 11.3. The van der Waals surface area contributed by atoms with E-state index in [0.29, 0.717) is 0 Å². The summed E-state index contributed by atoms with van der Waals surface area (Å²) in [5.41, 5.74) is 6.92. The largest absolute Gasteiger partial charge is 0.241 e. The van der Waals surface area contributed by atoms with Crippen LogP contribution in [0.1, 0.15) is 15.6 Å². The predicted molar refractivity (Wildman–Crippen MR) is 146 cm³/mol. The van der Waals surface area contributed by atoms with E-state index in [-0.39, 0.29) is 0 Å². The minimum Gasteiger partial charge on any atom is -0.241 e. The standard InChI is InChI=1S/C30H22N2S2/c1-20-31-29(23-10-3-2-4-11-23)30(34-20)26-13-7-8-21(16-26)17-28-32-27(19-33-28)25-15-14-22-9-5-6-12-24(22)18-25/h2-16,18-19H,17H2,1H3. The van der Waals surface area contributed by atoms with Crippen molar-refractivity contribution >= 4 is 33.4 Å². The summed E-state index contributed by atoms with van der Waals surface area (Å²) < 4.78 is 0. The van der Waals surface area contributed by atoms with Gasteiger partial charge in [0.15, 0.2) is 0 Å². The van der Waals surface area contributed by atoms with Crippen molar-refractivity contribution in [1.82, 2.24) is 9.97 Å². The van der Waals surface area contributed by atoms with Crippen molar-refractivity contribution in [3.05, 3.63) is 118 Å². The van der Waals surface area contributed by atoms with Crippen LogP contribution in [0.25, 0.3) is 43.7 Å². The van der Waals surface area contributed by atoms with Crippen molar-refractivity contribution < 1.29 is 0 Å². The molecule has 0 aliphatic rings. The van der Waals surface area contributed by atoms with E-state index in [9.17, 15) is 0 Å². The second kappa shape index (κ2) is 8.98. The van der Waals surface area contributed by atoms with Crippen molar-refractivity contribution in [2.75, 3.05) is 0 Å². The molecule has 0 aliphatic heterocycles. The van der Waals surface area contributed by atoms with Crippen molar-refractivity contribution in [3.8, 4) is 33.0 Å². The third-order valence-corrected chi connectivity index (χ3v) is 7.79. The van der Waals surface area contributed by atoms with Crippen molar-refractivity contribution in [3.63, 3.8) is 0 Å². The van der Waals surface area contributed by atoms with Crippen molar-refractivity contribution in [1.29, 1.82) is 0 Å². The summed E-state index contributed by atoms with van der Waals surface area (Å²) >= 11 is 3.48.